The Balaban J connectivity index is 1.64. The van der Waals surface area contributed by atoms with Crippen LogP contribution in [0.4, 0.5) is 5.95 Å². The molecule has 26 heavy (non-hydrogen) atoms. The third-order valence-electron chi connectivity index (χ3n) is 4.42. The van der Waals surface area contributed by atoms with Crippen LogP contribution in [-0.4, -0.2) is 66.2 Å². The average Bonchev–Trinajstić information content (AvgIpc) is 3.11. The van der Waals surface area contributed by atoms with Crippen molar-refractivity contribution >= 4 is 11.9 Å². The van der Waals surface area contributed by atoms with Crippen LogP contribution in [0.3, 0.4) is 0 Å². The molecule has 140 valence electrons. The first kappa shape index (κ1) is 18.3. The highest BCUT2D eigenvalue weighted by atomic mass is 16.5. The Morgan fingerprint density at radius 1 is 1.27 bits per heavy atom. The highest BCUT2D eigenvalue weighted by Gasteiger charge is 2.22. The van der Waals surface area contributed by atoms with Gasteiger partial charge in [0, 0.05) is 50.7 Å². The molecule has 7 nitrogen and oxygen atoms in total. The van der Waals surface area contributed by atoms with Gasteiger partial charge in [-0.15, -0.1) is 0 Å². The van der Waals surface area contributed by atoms with Gasteiger partial charge in [-0.25, -0.2) is 4.98 Å². The van der Waals surface area contributed by atoms with E-state index in [2.05, 4.69) is 24.7 Å². The number of aromatic nitrogens is 2. The smallest absolute Gasteiger partial charge is 0.234 e. The van der Waals surface area contributed by atoms with Crippen LogP contribution >= 0.6 is 0 Å². The molecular weight excluding hydrogens is 330 g/mol. The zero-order valence-electron chi connectivity index (χ0n) is 15.7. The quantitative estimate of drug-likeness (QED) is 0.849. The van der Waals surface area contributed by atoms with Gasteiger partial charge in [0.2, 0.25) is 11.9 Å². The second-order valence-corrected chi connectivity index (χ2v) is 6.78. The van der Waals surface area contributed by atoms with Crippen LogP contribution in [0.1, 0.15) is 13.8 Å². The fourth-order valence-corrected chi connectivity index (χ4v) is 3.17. The maximum absolute atomic E-state index is 11.9. The Labute approximate surface area is 154 Å². The fraction of sp³-hybridized carbons (Fsp3) is 0.474. The van der Waals surface area contributed by atoms with Gasteiger partial charge in [-0.05, 0) is 26.0 Å². The first-order chi connectivity index (χ1) is 12.6. The lowest BCUT2D eigenvalue weighted by molar-refractivity contribution is -0.122. The molecular formula is C19H27N5O2. The van der Waals surface area contributed by atoms with Gasteiger partial charge in [0.15, 0.2) is 0 Å². The second-order valence-electron chi connectivity index (χ2n) is 6.78. The number of rotatable bonds is 6. The minimum atomic E-state index is 0.0892. The van der Waals surface area contributed by atoms with Crippen LogP contribution in [0.15, 0.2) is 36.7 Å². The van der Waals surface area contributed by atoms with Gasteiger partial charge >= 0.3 is 0 Å². The summed E-state index contributed by atoms with van der Waals surface area (Å²) in [5.74, 6) is 1.83. The van der Waals surface area contributed by atoms with Gasteiger partial charge in [0.25, 0.3) is 0 Å². The number of nitrogens with one attached hydrogen (secondary N) is 1. The molecule has 0 aliphatic carbocycles. The summed E-state index contributed by atoms with van der Waals surface area (Å²) >= 11 is 0. The summed E-state index contributed by atoms with van der Waals surface area (Å²) in [5, 5.41) is 2.95. The molecule has 1 aromatic heterocycles. The molecule has 1 amide bonds. The number of hydrogen-bond donors (Lipinski definition) is 1. The third kappa shape index (κ3) is 4.35. The standard InChI is InChI=1S/C19H27N5O2/c1-15(2)21-18(25)14-22-9-11-23(12-10-22)19-20-7-8-24(19)16-5-4-6-17(13-16)26-3/h4-8,13,15H,9-12,14H2,1-3H3,(H,21,25). The first-order valence-corrected chi connectivity index (χ1v) is 9.01. The van der Waals surface area contributed by atoms with Gasteiger partial charge in [0.05, 0.1) is 19.3 Å². The topological polar surface area (TPSA) is 62.6 Å². The number of carbonyl (C=O) groups is 1. The van der Waals surface area contributed by atoms with E-state index in [1.165, 1.54) is 0 Å². The van der Waals surface area contributed by atoms with Crippen molar-refractivity contribution in [3.63, 3.8) is 0 Å². The van der Waals surface area contributed by atoms with Crippen LogP contribution in [0.5, 0.6) is 5.75 Å². The van der Waals surface area contributed by atoms with E-state index in [0.717, 1.165) is 43.6 Å². The molecule has 2 aromatic rings. The largest absolute Gasteiger partial charge is 0.497 e. The van der Waals surface area contributed by atoms with Crippen molar-refractivity contribution in [2.24, 2.45) is 0 Å². The van der Waals surface area contributed by atoms with E-state index >= 15 is 0 Å². The lowest BCUT2D eigenvalue weighted by Gasteiger charge is -2.35. The Hall–Kier alpha value is -2.54. The molecule has 0 bridgehead atoms. The van der Waals surface area contributed by atoms with Crippen LogP contribution in [-0.2, 0) is 4.79 Å². The van der Waals surface area contributed by atoms with Crippen molar-refractivity contribution in [1.29, 1.82) is 0 Å². The van der Waals surface area contributed by atoms with Crippen LogP contribution in [0, 0.1) is 0 Å². The van der Waals surface area contributed by atoms with Gasteiger partial charge in [-0.3, -0.25) is 14.3 Å². The molecule has 1 aromatic carbocycles. The van der Waals surface area contributed by atoms with E-state index < -0.39 is 0 Å². The summed E-state index contributed by atoms with van der Waals surface area (Å²) in [7, 11) is 1.67. The predicted octanol–water partition coefficient (Wildman–Crippen LogP) is 1.53. The molecule has 1 fully saturated rings. The number of piperazine rings is 1. The monoisotopic (exact) mass is 357 g/mol. The number of benzene rings is 1. The molecule has 0 radical (unpaired) electrons. The lowest BCUT2D eigenvalue weighted by atomic mass is 10.3. The molecule has 0 unspecified atom stereocenters. The van der Waals surface area contributed by atoms with E-state index in [0.29, 0.717) is 6.54 Å². The molecule has 1 N–H and O–H groups in total. The third-order valence-corrected chi connectivity index (χ3v) is 4.42. The van der Waals surface area contributed by atoms with Gasteiger partial charge < -0.3 is 15.0 Å². The van der Waals surface area contributed by atoms with E-state index in [4.69, 9.17) is 4.74 Å². The van der Waals surface area contributed by atoms with E-state index in [1.54, 1.807) is 7.11 Å². The number of methoxy groups -OCH3 is 1. The number of nitrogens with zero attached hydrogens (tertiary/aromatic N) is 4. The number of imidazole rings is 1. The average molecular weight is 357 g/mol. The van der Waals surface area contributed by atoms with Gasteiger partial charge in [-0.1, -0.05) is 6.07 Å². The Bertz CT molecular complexity index is 735. The van der Waals surface area contributed by atoms with E-state index in [1.807, 2.05) is 50.5 Å². The molecule has 0 spiro atoms. The number of amides is 1. The molecule has 0 atom stereocenters. The number of ether oxygens (including phenoxy) is 1. The summed E-state index contributed by atoms with van der Waals surface area (Å²) in [6.45, 7) is 7.79. The SMILES string of the molecule is COc1cccc(-n2ccnc2N2CCN(CC(=O)NC(C)C)CC2)c1. The van der Waals surface area contributed by atoms with Crippen molar-refractivity contribution in [2.45, 2.75) is 19.9 Å². The summed E-state index contributed by atoms with van der Waals surface area (Å²) in [4.78, 5) is 20.9. The summed E-state index contributed by atoms with van der Waals surface area (Å²) in [6.07, 6.45) is 3.78. The van der Waals surface area contributed by atoms with E-state index in [-0.39, 0.29) is 11.9 Å². The maximum atomic E-state index is 11.9. The van der Waals surface area contributed by atoms with Crippen molar-refractivity contribution in [1.82, 2.24) is 19.8 Å². The Morgan fingerprint density at radius 2 is 2.04 bits per heavy atom. The van der Waals surface area contributed by atoms with Crippen molar-refractivity contribution in [3.05, 3.63) is 36.7 Å². The molecule has 3 rings (SSSR count). The van der Waals surface area contributed by atoms with Crippen LogP contribution in [0.2, 0.25) is 0 Å². The molecule has 7 heteroatoms. The van der Waals surface area contributed by atoms with Gasteiger partial charge in [0.1, 0.15) is 5.75 Å². The highest BCUT2D eigenvalue weighted by Crippen LogP contribution is 2.22. The number of anilines is 1. The summed E-state index contributed by atoms with van der Waals surface area (Å²) in [6, 6.07) is 8.13. The minimum Gasteiger partial charge on any atom is -0.497 e. The Morgan fingerprint density at radius 3 is 2.73 bits per heavy atom. The number of carbonyl (C=O) groups excluding carboxylic acids is 1. The second kappa shape index (κ2) is 8.23. The van der Waals surface area contributed by atoms with E-state index in [9.17, 15) is 4.79 Å². The van der Waals surface area contributed by atoms with Crippen LogP contribution in [0.25, 0.3) is 5.69 Å². The normalized spacial score (nSPS) is 15.3. The first-order valence-electron chi connectivity index (χ1n) is 9.01. The summed E-state index contributed by atoms with van der Waals surface area (Å²) in [5.41, 5.74) is 1.02. The zero-order chi connectivity index (χ0) is 18.5. The molecule has 2 heterocycles. The minimum absolute atomic E-state index is 0.0892. The predicted molar refractivity (Wildman–Crippen MR) is 102 cm³/mol. The van der Waals surface area contributed by atoms with Crippen molar-refractivity contribution < 1.29 is 9.53 Å². The molecule has 1 aliphatic rings. The highest BCUT2D eigenvalue weighted by molar-refractivity contribution is 5.78. The number of hydrogen-bond acceptors (Lipinski definition) is 5. The lowest BCUT2D eigenvalue weighted by Crippen LogP contribution is -2.50. The maximum Gasteiger partial charge on any atom is 0.234 e. The Kier molecular flexibility index (Phi) is 5.78. The van der Waals surface area contributed by atoms with Crippen molar-refractivity contribution in [3.8, 4) is 11.4 Å². The fourth-order valence-electron chi connectivity index (χ4n) is 3.17. The molecule has 0 saturated carbocycles. The molecule has 1 saturated heterocycles. The van der Waals surface area contributed by atoms with Crippen molar-refractivity contribution in [2.75, 3.05) is 44.7 Å². The van der Waals surface area contributed by atoms with Crippen LogP contribution < -0.4 is 15.0 Å². The zero-order valence-corrected chi connectivity index (χ0v) is 15.7. The summed E-state index contributed by atoms with van der Waals surface area (Å²) < 4.78 is 7.40. The molecule has 1 aliphatic heterocycles. The van der Waals surface area contributed by atoms with Gasteiger partial charge in [-0.2, -0.15) is 0 Å².